The van der Waals surface area contributed by atoms with Crippen LogP contribution in [0.25, 0.3) is 0 Å². The molecule has 1 amide bonds. The minimum Gasteiger partial charge on any atom is -0.301 e. The van der Waals surface area contributed by atoms with Crippen molar-refractivity contribution in [2.75, 3.05) is 5.32 Å². The Morgan fingerprint density at radius 1 is 1.22 bits per heavy atom. The number of aromatic nitrogens is 1. The number of halogens is 1. The molecule has 142 valence electrons. The molecular formula is C17H16BrN3O3S3. The topological polar surface area (TPSA) is 88.2 Å². The summed E-state index contributed by atoms with van der Waals surface area (Å²) in [5.74, 6) is -0.451. The molecule has 0 saturated carbocycles. The van der Waals surface area contributed by atoms with E-state index >= 15 is 0 Å². The van der Waals surface area contributed by atoms with E-state index in [1.54, 1.807) is 6.07 Å². The lowest BCUT2D eigenvalue weighted by Crippen LogP contribution is -2.45. The second-order valence-corrected chi connectivity index (χ2v) is 11.0. The van der Waals surface area contributed by atoms with Crippen molar-refractivity contribution in [2.24, 2.45) is 0 Å². The molecule has 1 unspecified atom stereocenters. The van der Waals surface area contributed by atoms with Gasteiger partial charge in [-0.2, -0.15) is 4.72 Å². The van der Waals surface area contributed by atoms with Crippen LogP contribution in [-0.2, 0) is 21.2 Å². The fourth-order valence-electron chi connectivity index (χ4n) is 2.33. The fourth-order valence-corrected chi connectivity index (χ4v) is 6.24. The highest BCUT2D eigenvalue weighted by Gasteiger charge is 2.27. The number of hydrogen-bond acceptors (Lipinski definition) is 6. The van der Waals surface area contributed by atoms with E-state index in [1.807, 2.05) is 42.6 Å². The highest BCUT2D eigenvalue weighted by atomic mass is 79.9. The van der Waals surface area contributed by atoms with E-state index in [1.165, 1.54) is 17.4 Å². The van der Waals surface area contributed by atoms with Crippen LogP contribution in [-0.4, -0.2) is 25.4 Å². The molecule has 1 atom stereocenters. The summed E-state index contributed by atoms with van der Waals surface area (Å²) in [6.07, 6.45) is 0.225. The molecule has 3 aromatic rings. The van der Waals surface area contributed by atoms with Crippen LogP contribution in [0.15, 0.2) is 55.8 Å². The lowest BCUT2D eigenvalue weighted by Gasteiger charge is -2.17. The molecule has 3 rings (SSSR count). The van der Waals surface area contributed by atoms with E-state index in [9.17, 15) is 13.2 Å². The SMILES string of the molecule is Cc1csc(NC(=O)C(Cc2ccccc2)NS(=O)(=O)c2ccc(Br)s2)n1. The number of sulfonamides is 1. The summed E-state index contributed by atoms with van der Waals surface area (Å²) in [5, 5.41) is 4.95. The third kappa shape index (κ3) is 5.45. The molecule has 0 aliphatic carbocycles. The minimum atomic E-state index is -3.83. The molecule has 0 aliphatic rings. The van der Waals surface area contributed by atoms with Gasteiger partial charge in [-0.15, -0.1) is 22.7 Å². The van der Waals surface area contributed by atoms with Crippen LogP contribution in [0, 0.1) is 6.92 Å². The summed E-state index contributed by atoms with van der Waals surface area (Å²) in [5.41, 5.74) is 1.64. The number of rotatable bonds is 7. The van der Waals surface area contributed by atoms with Crippen LogP contribution in [0.2, 0.25) is 0 Å². The van der Waals surface area contributed by atoms with Crippen molar-refractivity contribution >= 4 is 59.7 Å². The predicted molar refractivity (Wildman–Crippen MR) is 112 cm³/mol. The van der Waals surface area contributed by atoms with Crippen molar-refractivity contribution in [2.45, 2.75) is 23.6 Å². The van der Waals surface area contributed by atoms with Gasteiger partial charge in [-0.25, -0.2) is 13.4 Å². The van der Waals surface area contributed by atoms with Crippen molar-refractivity contribution in [3.8, 4) is 0 Å². The zero-order valence-electron chi connectivity index (χ0n) is 14.2. The lowest BCUT2D eigenvalue weighted by molar-refractivity contribution is -0.117. The van der Waals surface area contributed by atoms with Crippen molar-refractivity contribution in [3.63, 3.8) is 0 Å². The van der Waals surface area contributed by atoms with Crippen molar-refractivity contribution < 1.29 is 13.2 Å². The Morgan fingerprint density at radius 2 is 1.96 bits per heavy atom. The summed E-state index contributed by atoms with van der Waals surface area (Å²) in [6.45, 7) is 1.82. The Kier molecular flexibility index (Phi) is 6.43. The van der Waals surface area contributed by atoms with E-state index in [2.05, 4.69) is 31.0 Å². The summed E-state index contributed by atoms with van der Waals surface area (Å²) < 4.78 is 28.8. The molecular weight excluding hydrogens is 470 g/mol. The van der Waals surface area contributed by atoms with Gasteiger partial charge in [0.15, 0.2) is 5.13 Å². The standard InChI is InChI=1S/C17H16BrN3O3S3/c1-11-10-25-17(19-11)20-16(22)13(9-12-5-3-2-4-6-12)21-27(23,24)15-8-7-14(18)26-15/h2-8,10,13,21H,9H2,1H3,(H,19,20,22). The molecule has 0 aliphatic heterocycles. The Bertz CT molecular complexity index is 1030. The maximum Gasteiger partial charge on any atom is 0.250 e. The van der Waals surface area contributed by atoms with Crippen LogP contribution in [0.4, 0.5) is 5.13 Å². The molecule has 2 N–H and O–H groups in total. The number of carbonyl (C=O) groups excluding carboxylic acids is 1. The molecule has 0 saturated heterocycles. The van der Waals surface area contributed by atoms with Gasteiger partial charge in [0.2, 0.25) is 5.91 Å². The first-order valence-corrected chi connectivity index (χ1v) is 11.9. The monoisotopic (exact) mass is 485 g/mol. The number of aryl methyl sites for hydroxylation is 1. The number of carbonyl (C=O) groups is 1. The average Bonchev–Trinajstić information content (AvgIpc) is 3.24. The minimum absolute atomic E-state index is 0.144. The summed E-state index contributed by atoms with van der Waals surface area (Å²) in [6, 6.07) is 11.4. The Balaban J connectivity index is 1.83. The average molecular weight is 486 g/mol. The van der Waals surface area contributed by atoms with Gasteiger partial charge in [0.05, 0.1) is 9.48 Å². The predicted octanol–water partition coefficient (Wildman–Crippen LogP) is 3.80. The molecule has 0 bridgehead atoms. The van der Waals surface area contributed by atoms with E-state index in [-0.39, 0.29) is 10.6 Å². The maximum atomic E-state index is 12.8. The van der Waals surface area contributed by atoms with Crippen LogP contribution < -0.4 is 10.0 Å². The zero-order valence-corrected chi connectivity index (χ0v) is 18.2. The van der Waals surface area contributed by atoms with Crippen molar-refractivity contribution in [3.05, 3.63) is 62.9 Å². The molecule has 0 fully saturated rings. The van der Waals surface area contributed by atoms with E-state index in [4.69, 9.17) is 0 Å². The van der Waals surface area contributed by atoms with Crippen LogP contribution in [0.3, 0.4) is 0 Å². The zero-order chi connectivity index (χ0) is 19.4. The first-order chi connectivity index (χ1) is 12.8. The number of thiazole rings is 1. The number of nitrogens with zero attached hydrogens (tertiary/aromatic N) is 1. The molecule has 2 aromatic heterocycles. The fraction of sp³-hybridized carbons (Fsp3) is 0.176. The van der Waals surface area contributed by atoms with Gasteiger partial charge in [0, 0.05) is 5.38 Å². The summed E-state index contributed by atoms with van der Waals surface area (Å²) in [7, 11) is -3.83. The smallest absolute Gasteiger partial charge is 0.250 e. The number of amides is 1. The maximum absolute atomic E-state index is 12.8. The number of nitrogens with one attached hydrogen (secondary N) is 2. The molecule has 1 aromatic carbocycles. The van der Waals surface area contributed by atoms with Gasteiger partial charge in [-0.1, -0.05) is 30.3 Å². The summed E-state index contributed by atoms with van der Waals surface area (Å²) >= 11 is 5.64. The highest BCUT2D eigenvalue weighted by Crippen LogP contribution is 2.26. The molecule has 2 heterocycles. The Morgan fingerprint density at radius 3 is 2.56 bits per heavy atom. The van der Waals surface area contributed by atoms with Crippen molar-refractivity contribution in [1.29, 1.82) is 0 Å². The first-order valence-electron chi connectivity index (χ1n) is 7.88. The number of anilines is 1. The molecule has 10 heteroatoms. The van der Waals surface area contributed by atoms with E-state index in [0.29, 0.717) is 8.92 Å². The van der Waals surface area contributed by atoms with E-state index in [0.717, 1.165) is 22.6 Å². The number of benzene rings is 1. The number of hydrogen-bond donors (Lipinski definition) is 2. The molecule has 0 radical (unpaired) electrons. The largest absolute Gasteiger partial charge is 0.301 e. The van der Waals surface area contributed by atoms with Gasteiger partial charge in [0.1, 0.15) is 10.3 Å². The second-order valence-electron chi connectivity index (χ2n) is 5.71. The summed E-state index contributed by atoms with van der Waals surface area (Å²) in [4.78, 5) is 17.0. The van der Waals surface area contributed by atoms with Gasteiger partial charge in [0.25, 0.3) is 10.0 Å². The van der Waals surface area contributed by atoms with Gasteiger partial charge >= 0.3 is 0 Å². The third-order valence-electron chi connectivity index (χ3n) is 3.56. The van der Waals surface area contributed by atoms with Gasteiger partial charge < -0.3 is 5.32 Å². The Hall–Kier alpha value is -1.59. The number of thiophene rings is 1. The van der Waals surface area contributed by atoms with Crippen LogP contribution >= 0.6 is 38.6 Å². The van der Waals surface area contributed by atoms with Crippen LogP contribution in [0.1, 0.15) is 11.3 Å². The first kappa shape index (κ1) is 20.2. The van der Waals surface area contributed by atoms with Gasteiger partial charge in [-0.05, 0) is 47.0 Å². The van der Waals surface area contributed by atoms with Crippen LogP contribution in [0.5, 0.6) is 0 Å². The second kappa shape index (κ2) is 8.61. The third-order valence-corrected chi connectivity index (χ3v) is 8.02. The highest BCUT2D eigenvalue weighted by molar-refractivity contribution is 9.11. The lowest BCUT2D eigenvalue weighted by atomic mass is 10.1. The van der Waals surface area contributed by atoms with Crippen molar-refractivity contribution in [1.82, 2.24) is 9.71 Å². The van der Waals surface area contributed by atoms with Gasteiger partial charge in [-0.3, -0.25) is 4.79 Å². The molecule has 27 heavy (non-hydrogen) atoms. The molecule has 0 spiro atoms. The Labute approximate surface area is 173 Å². The quantitative estimate of drug-likeness (QED) is 0.532. The molecule has 6 nitrogen and oxygen atoms in total. The normalized spacial score (nSPS) is 12.7. The van der Waals surface area contributed by atoms with E-state index < -0.39 is 22.0 Å².